The first-order valence-corrected chi connectivity index (χ1v) is 9.80. The summed E-state index contributed by atoms with van der Waals surface area (Å²) in [5.41, 5.74) is 3.69. The smallest absolute Gasteiger partial charge is 0.233 e. The van der Waals surface area contributed by atoms with Crippen LogP contribution in [0.3, 0.4) is 0 Å². The third-order valence-corrected chi connectivity index (χ3v) is 5.50. The molecule has 0 saturated heterocycles. The molecule has 0 N–H and O–H groups in total. The maximum atomic E-state index is 12.7. The number of aromatic nitrogens is 1. The van der Waals surface area contributed by atoms with Crippen LogP contribution in [0.15, 0.2) is 42.5 Å². The van der Waals surface area contributed by atoms with Crippen molar-refractivity contribution in [3.8, 4) is 11.3 Å². The SMILES string of the molecule is CCC(=O)N(c1nc(-c2ccc(C)cc2)c(C)s1)c1ccc(Cl)cc1Cl. The summed E-state index contributed by atoms with van der Waals surface area (Å²) in [6.45, 7) is 5.88. The molecule has 134 valence electrons. The van der Waals surface area contributed by atoms with Crippen molar-refractivity contribution in [1.82, 2.24) is 4.98 Å². The average Bonchev–Trinajstić information content (AvgIpc) is 2.99. The molecule has 3 rings (SSSR count). The Morgan fingerprint density at radius 1 is 1.12 bits per heavy atom. The van der Waals surface area contributed by atoms with E-state index in [0.29, 0.717) is 27.3 Å². The Hall–Kier alpha value is -1.88. The summed E-state index contributed by atoms with van der Waals surface area (Å²) in [5.74, 6) is -0.0709. The molecule has 1 amide bonds. The number of anilines is 2. The van der Waals surface area contributed by atoms with Gasteiger partial charge in [0.15, 0.2) is 5.13 Å². The number of thiazole rings is 1. The first-order chi connectivity index (χ1) is 12.4. The maximum Gasteiger partial charge on any atom is 0.233 e. The standard InChI is InChI=1S/C20H18Cl2N2OS/c1-4-18(25)24(17-10-9-15(21)11-16(17)22)20-23-19(13(3)26-20)14-7-5-12(2)6-8-14/h5-11H,4H2,1-3H3. The fourth-order valence-electron chi connectivity index (χ4n) is 2.62. The van der Waals surface area contributed by atoms with Crippen LogP contribution in [0.1, 0.15) is 23.8 Å². The summed E-state index contributed by atoms with van der Waals surface area (Å²) in [7, 11) is 0. The van der Waals surface area contributed by atoms with E-state index in [1.165, 1.54) is 16.9 Å². The highest BCUT2D eigenvalue weighted by atomic mass is 35.5. The second kappa shape index (κ2) is 7.78. The van der Waals surface area contributed by atoms with Crippen LogP contribution in [-0.2, 0) is 4.79 Å². The molecule has 26 heavy (non-hydrogen) atoms. The highest BCUT2D eigenvalue weighted by molar-refractivity contribution is 7.16. The average molecular weight is 405 g/mol. The van der Waals surface area contributed by atoms with E-state index in [1.54, 1.807) is 23.1 Å². The first kappa shape index (κ1) is 18.9. The van der Waals surface area contributed by atoms with Gasteiger partial charge in [-0.2, -0.15) is 0 Å². The molecule has 0 aliphatic carbocycles. The summed E-state index contributed by atoms with van der Waals surface area (Å²) in [5, 5.41) is 1.55. The van der Waals surface area contributed by atoms with Crippen LogP contribution in [0.4, 0.5) is 10.8 Å². The zero-order valence-corrected chi connectivity index (χ0v) is 17.0. The molecular weight excluding hydrogens is 387 g/mol. The van der Waals surface area contributed by atoms with Crippen molar-refractivity contribution < 1.29 is 4.79 Å². The normalized spacial score (nSPS) is 10.8. The van der Waals surface area contributed by atoms with Gasteiger partial charge >= 0.3 is 0 Å². The molecule has 0 radical (unpaired) electrons. The van der Waals surface area contributed by atoms with Crippen molar-refractivity contribution in [2.24, 2.45) is 0 Å². The predicted octanol–water partition coefficient (Wildman–Crippen LogP) is 6.81. The number of hydrogen-bond acceptors (Lipinski definition) is 3. The van der Waals surface area contributed by atoms with Crippen LogP contribution >= 0.6 is 34.5 Å². The highest BCUT2D eigenvalue weighted by Crippen LogP contribution is 2.39. The molecule has 0 bridgehead atoms. The third-order valence-electron chi connectivity index (χ3n) is 4.00. The van der Waals surface area contributed by atoms with Gasteiger partial charge in [0.1, 0.15) is 0 Å². The number of carbonyl (C=O) groups is 1. The van der Waals surface area contributed by atoms with Gasteiger partial charge in [-0.1, -0.05) is 60.0 Å². The fourth-order valence-corrected chi connectivity index (χ4v) is 4.08. The lowest BCUT2D eigenvalue weighted by molar-refractivity contribution is -0.117. The molecule has 0 unspecified atom stereocenters. The highest BCUT2D eigenvalue weighted by Gasteiger charge is 2.24. The lowest BCUT2D eigenvalue weighted by Gasteiger charge is -2.20. The van der Waals surface area contributed by atoms with Crippen LogP contribution in [0.5, 0.6) is 0 Å². The summed E-state index contributed by atoms with van der Waals surface area (Å²) < 4.78 is 0. The molecule has 0 aliphatic heterocycles. The largest absolute Gasteiger partial charge is 0.274 e. The van der Waals surface area contributed by atoms with E-state index >= 15 is 0 Å². The number of rotatable bonds is 4. The van der Waals surface area contributed by atoms with Crippen LogP contribution in [-0.4, -0.2) is 10.9 Å². The molecular formula is C20H18Cl2N2OS. The number of aryl methyl sites for hydroxylation is 2. The summed E-state index contributed by atoms with van der Waals surface area (Å²) in [6.07, 6.45) is 0.345. The first-order valence-electron chi connectivity index (χ1n) is 8.23. The molecule has 1 aromatic heterocycles. The Labute approximate surface area is 167 Å². The van der Waals surface area contributed by atoms with E-state index in [9.17, 15) is 4.79 Å². The van der Waals surface area contributed by atoms with Gasteiger partial charge in [-0.25, -0.2) is 4.98 Å². The molecule has 0 aliphatic rings. The van der Waals surface area contributed by atoms with E-state index in [4.69, 9.17) is 28.2 Å². The van der Waals surface area contributed by atoms with Gasteiger partial charge < -0.3 is 0 Å². The van der Waals surface area contributed by atoms with E-state index in [1.807, 2.05) is 32.9 Å². The van der Waals surface area contributed by atoms with Crippen LogP contribution in [0, 0.1) is 13.8 Å². The molecule has 6 heteroatoms. The van der Waals surface area contributed by atoms with Gasteiger partial charge in [-0.3, -0.25) is 9.69 Å². The predicted molar refractivity (Wildman–Crippen MR) is 111 cm³/mol. The van der Waals surface area contributed by atoms with Crippen molar-refractivity contribution >= 4 is 51.3 Å². The fraction of sp³-hybridized carbons (Fsp3) is 0.200. The summed E-state index contributed by atoms with van der Waals surface area (Å²) in [6, 6.07) is 13.3. The lowest BCUT2D eigenvalue weighted by atomic mass is 10.1. The number of benzene rings is 2. The summed E-state index contributed by atoms with van der Waals surface area (Å²) in [4.78, 5) is 20.0. The van der Waals surface area contributed by atoms with Gasteiger partial charge in [0.05, 0.1) is 16.4 Å². The zero-order chi connectivity index (χ0) is 18.8. The number of nitrogens with zero attached hydrogens (tertiary/aromatic N) is 2. The van der Waals surface area contributed by atoms with Crippen molar-refractivity contribution in [2.45, 2.75) is 27.2 Å². The second-order valence-corrected chi connectivity index (χ2v) is 7.97. The quantitative estimate of drug-likeness (QED) is 0.478. The molecule has 3 aromatic rings. The monoisotopic (exact) mass is 404 g/mol. The molecule has 0 atom stereocenters. The van der Waals surface area contributed by atoms with Gasteiger partial charge in [0.2, 0.25) is 5.91 Å². The maximum absolute atomic E-state index is 12.7. The Kier molecular flexibility index (Phi) is 5.66. The number of amides is 1. The zero-order valence-electron chi connectivity index (χ0n) is 14.7. The van der Waals surface area contributed by atoms with Crippen LogP contribution in [0.25, 0.3) is 11.3 Å². The van der Waals surface area contributed by atoms with Crippen molar-refractivity contribution in [3.63, 3.8) is 0 Å². The van der Waals surface area contributed by atoms with E-state index in [-0.39, 0.29) is 5.91 Å². The number of hydrogen-bond donors (Lipinski definition) is 0. The topological polar surface area (TPSA) is 33.2 Å². The molecule has 0 fully saturated rings. The Bertz CT molecular complexity index is 951. The molecule has 1 heterocycles. The number of carbonyl (C=O) groups excluding carboxylic acids is 1. The van der Waals surface area contributed by atoms with Gasteiger partial charge in [-0.05, 0) is 32.0 Å². The van der Waals surface area contributed by atoms with E-state index in [2.05, 4.69) is 12.1 Å². The minimum Gasteiger partial charge on any atom is -0.274 e. The second-order valence-electron chi connectivity index (χ2n) is 5.95. The molecule has 2 aromatic carbocycles. The van der Waals surface area contributed by atoms with E-state index < -0.39 is 0 Å². The molecule has 0 saturated carbocycles. The van der Waals surface area contributed by atoms with Crippen molar-refractivity contribution in [1.29, 1.82) is 0 Å². The molecule has 0 spiro atoms. The third kappa shape index (κ3) is 3.78. The Balaban J connectivity index is 2.09. The minimum atomic E-state index is -0.0709. The van der Waals surface area contributed by atoms with Gasteiger partial charge in [-0.15, -0.1) is 11.3 Å². The van der Waals surface area contributed by atoms with Gasteiger partial charge in [0, 0.05) is 21.9 Å². The summed E-state index contributed by atoms with van der Waals surface area (Å²) >= 11 is 13.8. The Morgan fingerprint density at radius 3 is 2.42 bits per heavy atom. The molecule has 3 nitrogen and oxygen atoms in total. The number of halogens is 2. The van der Waals surface area contributed by atoms with Crippen LogP contribution in [0.2, 0.25) is 10.0 Å². The van der Waals surface area contributed by atoms with Gasteiger partial charge in [0.25, 0.3) is 0 Å². The minimum absolute atomic E-state index is 0.0709. The Morgan fingerprint density at radius 2 is 1.81 bits per heavy atom. The van der Waals surface area contributed by atoms with E-state index in [0.717, 1.165) is 16.1 Å². The van der Waals surface area contributed by atoms with Crippen LogP contribution < -0.4 is 4.90 Å². The van der Waals surface area contributed by atoms with Crippen molar-refractivity contribution in [2.75, 3.05) is 4.90 Å². The van der Waals surface area contributed by atoms with Crippen molar-refractivity contribution in [3.05, 3.63) is 63.0 Å². The lowest BCUT2D eigenvalue weighted by Crippen LogP contribution is -2.25.